The summed E-state index contributed by atoms with van der Waals surface area (Å²) in [7, 11) is 0. The van der Waals surface area contributed by atoms with Crippen LogP contribution in [-0.2, 0) is 13.1 Å². The van der Waals surface area contributed by atoms with Crippen LogP contribution in [0.2, 0.25) is 0 Å². The lowest BCUT2D eigenvalue weighted by atomic mass is 10.0. The Kier molecular flexibility index (Phi) is 4.24. The first-order valence-corrected chi connectivity index (χ1v) is 8.69. The number of ether oxygens (including phenoxy) is 1. The molecule has 1 aliphatic heterocycles. The van der Waals surface area contributed by atoms with Crippen molar-refractivity contribution in [2.75, 3.05) is 19.7 Å². The molecular weight excluding hydrogens is 304 g/mol. The second kappa shape index (κ2) is 6.53. The molecule has 0 bridgehead atoms. The number of nitrogens with zero attached hydrogens (tertiary/aromatic N) is 4. The average molecular weight is 328 g/mol. The van der Waals surface area contributed by atoms with Gasteiger partial charge in [-0.15, -0.1) is 5.10 Å². The van der Waals surface area contributed by atoms with Crippen LogP contribution < -0.4 is 4.74 Å². The molecule has 1 saturated carbocycles. The molecule has 1 saturated heterocycles. The van der Waals surface area contributed by atoms with E-state index in [-0.39, 0.29) is 0 Å². The molecule has 128 valence electrons. The van der Waals surface area contributed by atoms with E-state index in [2.05, 4.69) is 39.5 Å². The van der Waals surface area contributed by atoms with E-state index in [9.17, 15) is 5.11 Å². The Labute approximate surface area is 142 Å². The number of likely N-dealkylation sites (tertiary alicyclic amines) is 1. The molecule has 1 atom stereocenters. The highest BCUT2D eigenvalue weighted by molar-refractivity contribution is 5.27. The predicted octanol–water partition coefficient (Wildman–Crippen LogP) is 1.70. The molecule has 1 aromatic carbocycles. The summed E-state index contributed by atoms with van der Waals surface area (Å²) in [6, 6.07) is 8.35. The van der Waals surface area contributed by atoms with E-state index in [0.717, 1.165) is 37.8 Å². The Morgan fingerprint density at radius 2 is 2.08 bits per heavy atom. The van der Waals surface area contributed by atoms with Gasteiger partial charge in [0.05, 0.1) is 24.9 Å². The maximum absolute atomic E-state index is 10.7. The normalized spacial score (nSPS) is 24.4. The Morgan fingerprint density at radius 3 is 2.79 bits per heavy atom. The fourth-order valence-corrected chi connectivity index (χ4v) is 3.27. The summed E-state index contributed by atoms with van der Waals surface area (Å²) in [5.41, 5.74) is 0.528. The van der Waals surface area contributed by atoms with Crippen LogP contribution in [0.25, 0.3) is 0 Å². The highest BCUT2D eigenvalue weighted by Gasteiger charge is 2.36. The van der Waals surface area contributed by atoms with Crippen LogP contribution in [-0.4, -0.2) is 50.3 Å². The second-order valence-electron chi connectivity index (χ2n) is 7.18. The van der Waals surface area contributed by atoms with E-state index >= 15 is 0 Å². The maximum Gasteiger partial charge on any atom is 0.119 e. The lowest BCUT2D eigenvalue weighted by Crippen LogP contribution is -2.37. The largest absolute Gasteiger partial charge is 0.493 e. The van der Waals surface area contributed by atoms with Crippen LogP contribution in [0, 0.1) is 5.92 Å². The molecule has 4 rings (SSSR count). The molecule has 6 nitrogen and oxygen atoms in total. The van der Waals surface area contributed by atoms with Gasteiger partial charge in [0.15, 0.2) is 0 Å². The molecule has 1 aliphatic carbocycles. The van der Waals surface area contributed by atoms with Crippen LogP contribution in [0.3, 0.4) is 0 Å². The Balaban J connectivity index is 1.29. The van der Waals surface area contributed by atoms with Crippen LogP contribution >= 0.6 is 0 Å². The number of hydrogen-bond donors (Lipinski definition) is 1. The van der Waals surface area contributed by atoms with Gasteiger partial charge in [-0.3, -0.25) is 4.90 Å². The van der Waals surface area contributed by atoms with Gasteiger partial charge in [-0.05, 0) is 42.9 Å². The van der Waals surface area contributed by atoms with E-state index < -0.39 is 5.60 Å². The first kappa shape index (κ1) is 15.6. The zero-order chi connectivity index (χ0) is 16.4. The Hall–Kier alpha value is -1.92. The first-order valence-electron chi connectivity index (χ1n) is 8.69. The van der Waals surface area contributed by atoms with Crippen molar-refractivity contribution in [2.24, 2.45) is 5.92 Å². The van der Waals surface area contributed by atoms with Gasteiger partial charge in [-0.2, -0.15) is 0 Å². The van der Waals surface area contributed by atoms with Crippen LogP contribution in [0.5, 0.6) is 5.75 Å². The number of aliphatic hydroxyl groups is 1. The Morgan fingerprint density at radius 1 is 1.25 bits per heavy atom. The fraction of sp³-hybridized carbons (Fsp3) is 0.556. The topological polar surface area (TPSA) is 63.4 Å². The highest BCUT2D eigenvalue weighted by Crippen LogP contribution is 2.30. The molecule has 1 aromatic heterocycles. The molecule has 2 aromatic rings. The van der Waals surface area contributed by atoms with Crippen molar-refractivity contribution < 1.29 is 9.84 Å². The van der Waals surface area contributed by atoms with Crippen molar-refractivity contribution in [1.82, 2.24) is 19.9 Å². The molecule has 0 amide bonds. The van der Waals surface area contributed by atoms with Crippen molar-refractivity contribution in [3.8, 4) is 5.75 Å². The summed E-state index contributed by atoms with van der Waals surface area (Å²) in [5.74, 6) is 1.73. The van der Waals surface area contributed by atoms with E-state index in [1.807, 2.05) is 0 Å². The lowest BCUT2D eigenvalue weighted by Gasteiger charge is -2.23. The van der Waals surface area contributed by atoms with Crippen LogP contribution in [0.1, 0.15) is 24.8 Å². The number of aromatic nitrogens is 3. The highest BCUT2D eigenvalue weighted by atomic mass is 16.5. The fourth-order valence-electron chi connectivity index (χ4n) is 3.27. The van der Waals surface area contributed by atoms with Gasteiger partial charge >= 0.3 is 0 Å². The number of rotatable bonds is 7. The van der Waals surface area contributed by atoms with Crippen LogP contribution in [0.4, 0.5) is 0 Å². The molecule has 2 fully saturated rings. The summed E-state index contributed by atoms with van der Waals surface area (Å²) in [6.07, 6.45) is 6.81. The van der Waals surface area contributed by atoms with E-state index in [1.165, 1.54) is 18.4 Å². The van der Waals surface area contributed by atoms with Gasteiger partial charge in [0.25, 0.3) is 0 Å². The van der Waals surface area contributed by atoms with E-state index in [1.54, 1.807) is 17.1 Å². The van der Waals surface area contributed by atoms with Gasteiger partial charge in [0.2, 0.25) is 0 Å². The van der Waals surface area contributed by atoms with Crippen molar-refractivity contribution >= 4 is 0 Å². The zero-order valence-electron chi connectivity index (χ0n) is 13.8. The first-order chi connectivity index (χ1) is 11.7. The molecule has 0 radical (unpaired) electrons. The lowest BCUT2D eigenvalue weighted by molar-refractivity contribution is 0.0274. The number of benzene rings is 1. The minimum absolute atomic E-state index is 0.497. The van der Waals surface area contributed by atoms with Crippen molar-refractivity contribution in [3.05, 3.63) is 42.2 Å². The van der Waals surface area contributed by atoms with Crippen LogP contribution in [0.15, 0.2) is 36.7 Å². The SMILES string of the molecule is OC1(Cn2ccnn2)CCN(Cc2ccc(OCC3CC3)cc2)C1. The molecule has 6 heteroatoms. The smallest absolute Gasteiger partial charge is 0.119 e. The van der Waals surface area contributed by atoms with Gasteiger partial charge < -0.3 is 9.84 Å². The molecule has 1 N–H and O–H groups in total. The minimum Gasteiger partial charge on any atom is -0.493 e. The molecule has 0 spiro atoms. The standard InChI is InChI=1S/C18H24N4O2/c23-18(14-22-10-8-19-20-22)7-9-21(13-18)11-15-3-5-17(6-4-15)24-12-16-1-2-16/h3-6,8,10,16,23H,1-2,7,9,11-14H2. The Bertz CT molecular complexity index is 654. The van der Waals surface area contributed by atoms with E-state index in [0.29, 0.717) is 13.1 Å². The number of hydrogen-bond acceptors (Lipinski definition) is 5. The average Bonchev–Trinajstić information content (AvgIpc) is 3.15. The van der Waals surface area contributed by atoms with Gasteiger partial charge in [0, 0.05) is 25.8 Å². The summed E-state index contributed by atoms with van der Waals surface area (Å²) in [4.78, 5) is 2.29. The quantitative estimate of drug-likeness (QED) is 0.838. The zero-order valence-corrected chi connectivity index (χ0v) is 13.8. The molecule has 2 heterocycles. The molecule has 2 aliphatic rings. The minimum atomic E-state index is -0.721. The summed E-state index contributed by atoms with van der Waals surface area (Å²) in [5, 5.41) is 18.5. The van der Waals surface area contributed by atoms with Crippen molar-refractivity contribution in [3.63, 3.8) is 0 Å². The summed E-state index contributed by atoms with van der Waals surface area (Å²) in [6.45, 7) is 3.75. The molecule has 24 heavy (non-hydrogen) atoms. The molecular formula is C18H24N4O2. The third-order valence-electron chi connectivity index (χ3n) is 4.85. The third-order valence-corrected chi connectivity index (χ3v) is 4.85. The summed E-state index contributed by atoms with van der Waals surface area (Å²) >= 11 is 0. The second-order valence-corrected chi connectivity index (χ2v) is 7.18. The monoisotopic (exact) mass is 328 g/mol. The third kappa shape index (κ3) is 3.94. The van der Waals surface area contributed by atoms with Gasteiger partial charge in [-0.25, -0.2) is 4.68 Å². The predicted molar refractivity (Wildman–Crippen MR) is 89.5 cm³/mol. The van der Waals surface area contributed by atoms with Gasteiger partial charge in [-0.1, -0.05) is 17.3 Å². The van der Waals surface area contributed by atoms with Gasteiger partial charge in [0.1, 0.15) is 5.75 Å². The van der Waals surface area contributed by atoms with Crippen molar-refractivity contribution in [1.29, 1.82) is 0 Å². The number of β-amino-alcohol motifs (C(OH)–C–C–N with tert-alkyl or cyclic N) is 1. The van der Waals surface area contributed by atoms with Crippen molar-refractivity contribution in [2.45, 2.75) is 38.0 Å². The summed E-state index contributed by atoms with van der Waals surface area (Å²) < 4.78 is 7.48. The maximum atomic E-state index is 10.7. The van der Waals surface area contributed by atoms with E-state index in [4.69, 9.17) is 4.74 Å². The molecule has 1 unspecified atom stereocenters.